The number of benzene rings is 1. The summed E-state index contributed by atoms with van der Waals surface area (Å²) in [6, 6.07) is 6.13. The number of nitro groups is 1. The van der Waals surface area contributed by atoms with E-state index in [1.165, 1.54) is 29.5 Å². The molecule has 2 rings (SSSR count). The van der Waals surface area contributed by atoms with Crippen molar-refractivity contribution >= 4 is 67.1 Å². The maximum absolute atomic E-state index is 11.9. The van der Waals surface area contributed by atoms with E-state index in [0.29, 0.717) is 15.7 Å². The third kappa shape index (κ3) is 3.51. The van der Waals surface area contributed by atoms with Crippen molar-refractivity contribution in [3.8, 4) is 0 Å². The van der Waals surface area contributed by atoms with Gasteiger partial charge < -0.3 is 5.32 Å². The second-order valence-electron chi connectivity index (χ2n) is 3.52. The number of carbonyl (C=O) groups is 1. The fourth-order valence-corrected chi connectivity index (χ4v) is 3.22. The number of nitrogens with one attached hydrogen (secondary N) is 1. The van der Waals surface area contributed by atoms with E-state index in [9.17, 15) is 14.9 Å². The van der Waals surface area contributed by atoms with Crippen LogP contribution in [0.2, 0.25) is 0 Å². The van der Waals surface area contributed by atoms with Gasteiger partial charge >= 0.3 is 0 Å². The summed E-state index contributed by atoms with van der Waals surface area (Å²) in [6.45, 7) is 0. The molecule has 1 aromatic heterocycles. The highest BCUT2D eigenvalue weighted by atomic mass is 127. The lowest BCUT2D eigenvalue weighted by atomic mass is 10.2. The third-order valence-corrected chi connectivity index (χ3v) is 4.66. The van der Waals surface area contributed by atoms with Crippen LogP contribution < -0.4 is 5.32 Å². The number of amides is 1. The van der Waals surface area contributed by atoms with Gasteiger partial charge in [-0.3, -0.25) is 14.9 Å². The second-order valence-corrected chi connectivity index (χ2v) is 7.18. The van der Waals surface area contributed by atoms with Gasteiger partial charge in [0.15, 0.2) is 0 Å². The van der Waals surface area contributed by atoms with Crippen LogP contribution in [0.4, 0.5) is 11.4 Å². The Morgan fingerprint density at radius 3 is 2.68 bits per heavy atom. The minimum atomic E-state index is -0.489. The summed E-state index contributed by atoms with van der Waals surface area (Å²) in [5, 5.41) is 15.1. The second kappa shape index (κ2) is 5.97. The summed E-state index contributed by atoms with van der Waals surface area (Å²) in [6.07, 6.45) is 0. The molecule has 0 unspecified atom stereocenters. The highest BCUT2D eigenvalue weighted by Crippen LogP contribution is 2.28. The Kier molecular flexibility index (Phi) is 4.53. The minimum Gasteiger partial charge on any atom is -0.322 e. The molecule has 5 nitrogen and oxygen atoms in total. The molecule has 98 valence electrons. The van der Waals surface area contributed by atoms with E-state index in [0.717, 1.165) is 2.88 Å². The van der Waals surface area contributed by atoms with Crippen LogP contribution in [-0.2, 0) is 0 Å². The molecule has 0 saturated carbocycles. The molecule has 2 aromatic rings. The summed E-state index contributed by atoms with van der Waals surface area (Å²) in [4.78, 5) is 22.1. The van der Waals surface area contributed by atoms with Crippen molar-refractivity contribution < 1.29 is 9.72 Å². The first-order valence-electron chi connectivity index (χ1n) is 4.96. The van der Waals surface area contributed by atoms with Crippen LogP contribution in [0.25, 0.3) is 0 Å². The molecule has 0 aliphatic carbocycles. The summed E-state index contributed by atoms with van der Waals surface area (Å²) in [5.74, 6) is -0.236. The summed E-state index contributed by atoms with van der Waals surface area (Å²) in [5.41, 5.74) is 1.04. The Hall–Kier alpha value is -1.000. The van der Waals surface area contributed by atoms with Crippen LogP contribution in [0.3, 0.4) is 0 Å². The van der Waals surface area contributed by atoms with Gasteiger partial charge in [0.1, 0.15) is 0 Å². The predicted octanol–water partition coefficient (Wildman–Crippen LogP) is 4.28. The number of nitrogens with zero attached hydrogens (tertiary/aromatic N) is 1. The third-order valence-electron chi connectivity index (χ3n) is 2.23. The van der Waals surface area contributed by atoms with Gasteiger partial charge in [0.05, 0.1) is 17.8 Å². The number of halogens is 2. The molecule has 0 fully saturated rings. The Balaban J connectivity index is 2.18. The van der Waals surface area contributed by atoms with Crippen LogP contribution >= 0.6 is 49.9 Å². The lowest BCUT2D eigenvalue weighted by molar-refractivity contribution is -0.385. The number of thiophene rings is 1. The molecule has 0 saturated heterocycles. The van der Waals surface area contributed by atoms with Crippen molar-refractivity contribution in [2.45, 2.75) is 0 Å². The number of hydrogen-bond donors (Lipinski definition) is 1. The number of anilines is 1. The molecule has 1 heterocycles. The van der Waals surface area contributed by atoms with Crippen LogP contribution in [0.5, 0.6) is 0 Å². The number of hydrogen-bond acceptors (Lipinski definition) is 4. The molecular weight excluding hydrogens is 447 g/mol. The Bertz CT molecular complexity index is 659. The van der Waals surface area contributed by atoms with Crippen molar-refractivity contribution in [3.05, 3.63) is 52.7 Å². The minimum absolute atomic E-state index is 0.0388. The van der Waals surface area contributed by atoms with Gasteiger partial charge in [-0.2, -0.15) is 0 Å². The van der Waals surface area contributed by atoms with Gasteiger partial charge in [-0.05, 0) is 56.7 Å². The molecule has 19 heavy (non-hydrogen) atoms. The molecule has 1 N–H and O–H groups in total. The fourth-order valence-electron chi connectivity index (χ4n) is 1.37. The van der Waals surface area contributed by atoms with E-state index in [1.807, 2.05) is 0 Å². The zero-order chi connectivity index (χ0) is 14.0. The summed E-state index contributed by atoms with van der Waals surface area (Å²) < 4.78 is 1.35. The van der Waals surface area contributed by atoms with Crippen LogP contribution in [-0.4, -0.2) is 10.8 Å². The largest absolute Gasteiger partial charge is 0.322 e. The number of carbonyl (C=O) groups excluding carboxylic acids is 1. The number of rotatable bonds is 3. The summed E-state index contributed by atoms with van der Waals surface area (Å²) >= 11 is 6.72. The Morgan fingerprint density at radius 2 is 2.16 bits per heavy atom. The summed E-state index contributed by atoms with van der Waals surface area (Å²) in [7, 11) is 0. The first kappa shape index (κ1) is 14.4. The topological polar surface area (TPSA) is 72.2 Å². The molecule has 0 aliphatic heterocycles. The average Bonchev–Trinajstić information content (AvgIpc) is 2.75. The van der Waals surface area contributed by atoms with Gasteiger partial charge in [0, 0.05) is 17.1 Å². The molecule has 0 aliphatic rings. The maximum Gasteiger partial charge on any atom is 0.283 e. The van der Waals surface area contributed by atoms with E-state index in [-0.39, 0.29) is 11.6 Å². The normalized spacial score (nSPS) is 10.2. The average molecular weight is 453 g/mol. The molecule has 0 spiro atoms. The molecule has 1 aromatic carbocycles. The van der Waals surface area contributed by atoms with Gasteiger partial charge in [-0.25, -0.2) is 0 Å². The van der Waals surface area contributed by atoms with E-state index in [2.05, 4.69) is 43.8 Å². The van der Waals surface area contributed by atoms with Crippen LogP contribution in [0.15, 0.2) is 34.1 Å². The van der Waals surface area contributed by atoms with E-state index >= 15 is 0 Å². The molecule has 0 bridgehead atoms. The quantitative estimate of drug-likeness (QED) is 0.429. The first-order valence-corrected chi connectivity index (χ1v) is 7.72. The van der Waals surface area contributed by atoms with Gasteiger partial charge in [-0.1, -0.05) is 0 Å². The monoisotopic (exact) mass is 452 g/mol. The molecule has 0 atom stereocenters. The van der Waals surface area contributed by atoms with Gasteiger partial charge in [-0.15, -0.1) is 11.3 Å². The highest BCUT2D eigenvalue weighted by Gasteiger charge is 2.13. The van der Waals surface area contributed by atoms with Crippen molar-refractivity contribution in [1.29, 1.82) is 0 Å². The van der Waals surface area contributed by atoms with Crippen molar-refractivity contribution in [2.75, 3.05) is 5.32 Å². The SMILES string of the molecule is O=C(Nc1ccc([N+](=O)[O-])c(Br)c1)c1csc(I)c1. The maximum atomic E-state index is 11.9. The van der Waals surface area contributed by atoms with Crippen molar-refractivity contribution in [2.24, 2.45) is 0 Å². The highest BCUT2D eigenvalue weighted by molar-refractivity contribution is 14.1. The van der Waals surface area contributed by atoms with Crippen molar-refractivity contribution in [1.82, 2.24) is 0 Å². The number of nitro benzene ring substituents is 1. The molecule has 1 amide bonds. The smallest absolute Gasteiger partial charge is 0.283 e. The van der Waals surface area contributed by atoms with E-state index < -0.39 is 4.92 Å². The van der Waals surface area contributed by atoms with Crippen LogP contribution in [0, 0.1) is 13.0 Å². The zero-order valence-corrected chi connectivity index (χ0v) is 13.8. The lowest BCUT2D eigenvalue weighted by Gasteiger charge is -2.04. The Labute approximate surface area is 134 Å². The fraction of sp³-hybridized carbons (Fsp3) is 0. The lowest BCUT2D eigenvalue weighted by Crippen LogP contribution is -2.10. The Morgan fingerprint density at radius 1 is 1.42 bits per heavy atom. The molecular formula is C11H6BrIN2O3S. The predicted molar refractivity (Wildman–Crippen MR) is 85.8 cm³/mol. The van der Waals surface area contributed by atoms with E-state index in [1.54, 1.807) is 11.4 Å². The standard InChI is InChI=1S/C11H6BrIN2O3S/c12-8-4-7(1-2-9(8)15(17)18)14-11(16)6-3-10(13)19-5-6/h1-5H,(H,14,16). The molecule has 0 radical (unpaired) electrons. The van der Waals surface area contributed by atoms with Gasteiger partial charge in [0.2, 0.25) is 0 Å². The van der Waals surface area contributed by atoms with Gasteiger partial charge in [0.25, 0.3) is 11.6 Å². The van der Waals surface area contributed by atoms with Crippen LogP contribution in [0.1, 0.15) is 10.4 Å². The first-order chi connectivity index (χ1) is 8.97. The van der Waals surface area contributed by atoms with E-state index in [4.69, 9.17) is 0 Å². The zero-order valence-electron chi connectivity index (χ0n) is 9.22. The molecule has 8 heteroatoms. The van der Waals surface area contributed by atoms with Crippen molar-refractivity contribution in [3.63, 3.8) is 0 Å².